The van der Waals surface area contributed by atoms with Crippen LogP contribution < -0.4 is 4.74 Å². The Hall–Kier alpha value is -1.43. The number of carbonyl (C=O) groups excluding carboxylic acids is 1. The maximum absolute atomic E-state index is 12.7. The Morgan fingerprint density at radius 1 is 1.59 bits per heavy atom. The molecule has 1 heterocycles. The molecule has 7 heteroatoms. The molecule has 17 heavy (non-hydrogen) atoms. The summed E-state index contributed by atoms with van der Waals surface area (Å²) in [6.45, 7) is 1.68. The molecular formula is C10H10ClF2NO3. The van der Waals surface area contributed by atoms with Crippen molar-refractivity contribution in [2.24, 2.45) is 0 Å². The minimum Gasteiger partial charge on any atom is -0.495 e. The molecule has 1 aromatic heterocycles. The molecule has 0 aliphatic rings. The topological polar surface area (TPSA) is 48.4 Å². The van der Waals surface area contributed by atoms with Crippen molar-refractivity contribution >= 4 is 17.6 Å². The van der Waals surface area contributed by atoms with Crippen molar-refractivity contribution in [2.75, 3.05) is 13.7 Å². The number of pyridine rings is 1. The number of aromatic nitrogens is 1. The average Bonchev–Trinajstić information content (AvgIpc) is 2.28. The Morgan fingerprint density at radius 3 is 2.71 bits per heavy atom. The summed E-state index contributed by atoms with van der Waals surface area (Å²) >= 11 is 5.68. The van der Waals surface area contributed by atoms with Gasteiger partial charge in [0.1, 0.15) is 16.5 Å². The third-order valence-electron chi connectivity index (χ3n) is 1.93. The van der Waals surface area contributed by atoms with E-state index in [0.29, 0.717) is 0 Å². The van der Waals surface area contributed by atoms with Gasteiger partial charge in [0.25, 0.3) is 6.43 Å². The third-order valence-corrected chi connectivity index (χ3v) is 2.22. The fourth-order valence-electron chi connectivity index (χ4n) is 1.24. The number of methoxy groups -OCH3 is 1. The van der Waals surface area contributed by atoms with Crippen LogP contribution in [0, 0.1) is 0 Å². The zero-order valence-corrected chi connectivity index (χ0v) is 9.92. The molecule has 0 fully saturated rings. The predicted molar refractivity (Wildman–Crippen MR) is 56.7 cm³/mol. The van der Waals surface area contributed by atoms with Gasteiger partial charge in [-0.2, -0.15) is 0 Å². The van der Waals surface area contributed by atoms with Crippen LogP contribution in [0.4, 0.5) is 8.78 Å². The van der Waals surface area contributed by atoms with Crippen LogP contribution in [0.15, 0.2) is 6.20 Å². The zero-order valence-electron chi connectivity index (χ0n) is 9.17. The van der Waals surface area contributed by atoms with Gasteiger partial charge in [0, 0.05) is 6.20 Å². The number of ether oxygens (including phenoxy) is 2. The van der Waals surface area contributed by atoms with Gasteiger partial charge in [0.2, 0.25) is 0 Å². The number of hydrogen-bond acceptors (Lipinski definition) is 4. The number of carbonyl (C=O) groups is 1. The summed E-state index contributed by atoms with van der Waals surface area (Å²) in [5, 5.41) is -0.232. The second-order valence-electron chi connectivity index (χ2n) is 2.93. The Morgan fingerprint density at radius 2 is 2.24 bits per heavy atom. The molecule has 0 saturated heterocycles. The molecule has 0 aliphatic carbocycles. The van der Waals surface area contributed by atoms with Gasteiger partial charge < -0.3 is 9.47 Å². The van der Waals surface area contributed by atoms with Crippen molar-refractivity contribution in [2.45, 2.75) is 13.3 Å². The number of hydrogen-bond donors (Lipinski definition) is 0. The van der Waals surface area contributed by atoms with E-state index in [0.717, 1.165) is 6.20 Å². The minimum absolute atomic E-state index is 0.0945. The number of esters is 1. The van der Waals surface area contributed by atoms with Gasteiger partial charge in [-0.15, -0.1) is 0 Å². The molecule has 1 rings (SSSR count). The highest BCUT2D eigenvalue weighted by Gasteiger charge is 2.25. The van der Waals surface area contributed by atoms with E-state index in [1.807, 2.05) is 0 Å². The van der Waals surface area contributed by atoms with E-state index in [4.69, 9.17) is 21.1 Å². The highest BCUT2D eigenvalue weighted by molar-refractivity contribution is 6.32. The first-order chi connectivity index (χ1) is 8.02. The molecule has 4 nitrogen and oxygen atoms in total. The molecule has 0 amide bonds. The highest BCUT2D eigenvalue weighted by atomic mass is 35.5. The number of alkyl halides is 2. The summed E-state index contributed by atoms with van der Waals surface area (Å²) in [7, 11) is 1.17. The SMILES string of the molecule is CCOC(=O)c1c(Cl)ncc(C(F)F)c1OC. The van der Waals surface area contributed by atoms with Gasteiger partial charge in [-0.25, -0.2) is 18.6 Å². The van der Waals surface area contributed by atoms with E-state index >= 15 is 0 Å². The van der Waals surface area contributed by atoms with Crippen LogP contribution in [0.25, 0.3) is 0 Å². The average molecular weight is 266 g/mol. The summed E-state index contributed by atoms with van der Waals surface area (Å²) in [6, 6.07) is 0. The molecule has 0 aliphatic heterocycles. The molecule has 0 spiro atoms. The van der Waals surface area contributed by atoms with Crippen LogP contribution in [-0.2, 0) is 4.74 Å². The quantitative estimate of drug-likeness (QED) is 0.620. The lowest BCUT2D eigenvalue weighted by Gasteiger charge is -2.12. The van der Waals surface area contributed by atoms with E-state index in [2.05, 4.69) is 4.98 Å². The van der Waals surface area contributed by atoms with Crippen molar-refractivity contribution in [3.05, 3.63) is 22.5 Å². The van der Waals surface area contributed by atoms with Gasteiger partial charge in [-0.3, -0.25) is 0 Å². The van der Waals surface area contributed by atoms with Gasteiger partial charge in [0.15, 0.2) is 0 Å². The van der Waals surface area contributed by atoms with Crippen molar-refractivity contribution in [3.63, 3.8) is 0 Å². The highest BCUT2D eigenvalue weighted by Crippen LogP contribution is 2.34. The van der Waals surface area contributed by atoms with Crippen molar-refractivity contribution in [1.82, 2.24) is 4.98 Å². The molecule has 0 unspecified atom stereocenters. The molecule has 0 bridgehead atoms. The van der Waals surface area contributed by atoms with Crippen LogP contribution in [0.3, 0.4) is 0 Å². The van der Waals surface area contributed by atoms with Crippen LogP contribution in [0.2, 0.25) is 5.15 Å². The maximum atomic E-state index is 12.7. The molecule has 0 radical (unpaired) electrons. The number of halogens is 3. The molecule has 94 valence electrons. The smallest absolute Gasteiger partial charge is 0.345 e. The lowest BCUT2D eigenvalue weighted by molar-refractivity contribution is 0.0521. The van der Waals surface area contributed by atoms with E-state index in [9.17, 15) is 13.6 Å². The first kappa shape index (κ1) is 13.6. The van der Waals surface area contributed by atoms with Gasteiger partial charge >= 0.3 is 5.97 Å². The van der Waals surface area contributed by atoms with Crippen LogP contribution in [-0.4, -0.2) is 24.7 Å². The first-order valence-electron chi connectivity index (χ1n) is 4.70. The predicted octanol–water partition coefficient (Wildman–Crippen LogP) is 2.86. The molecule has 0 saturated carbocycles. The summed E-state index contributed by atoms with van der Waals surface area (Å²) < 4.78 is 34.8. The summed E-state index contributed by atoms with van der Waals surface area (Å²) in [6.07, 6.45) is -1.95. The number of rotatable bonds is 4. The van der Waals surface area contributed by atoms with Gasteiger partial charge in [-0.1, -0.05) is 11.6 Å². The van der Waals surface area contributed by atoms with Crippen LogP contribution in [0.5, 0.6) is 5.75 Å². The third kappa shape index (κ3) is 2.82. The Kier molecular flexibility index (Phi) is 4.62. The second-order valence-corrected chi connectivity index (χ2v) is 3.29. The van der Waals surface area contributed by atoms with E-state index in [1.54, 1.807) is 6.92 Å². The fourth-order valence-corrected chi connectivity index (χ4v) is 1.45. The minimum atomic E-state index is -2.82. The normalized spacial score (nSPS) is 10.5. The molecule has 0 atom stereocenters. The van der Waals surface area contributed by atoms with Crippen LogP contribution in [0.1, 0.15) is 29.3 Å². The van der Waals surface area contributed by atoms with Crippen molar-refractivity contribution < 1.29 is 23.0 Å². The van der Waals surface area contributed by atoms with Crippen LogP contribution >= 0.6 is 11.6 Å². The Balaban J connectivity index is 3.35. The summed E-state index contributed by atoms with van der Waals surface area (Å²) in [5.74, 6) is -1.15. The number of nitrogens with zero attached hydrogens (tertiary/aromatic N) is 1. The summed E-state index contributed by atoms with van der Waals surface area (Å²) in [5.41, 5.74) is -0.784. The molecule has 0 aromatic carbocycles. The lowest BCUT2D eigenvalue weighted by atomic mass is 10.1. The molecular weight excluding hydrogens is 256 g/mol. The van der Waals surface area contributed by atoms with E-state index < -0.39 is 18.0 Å². The van der Waals surface area contributed by atoms with Crippen molar-refractivity contribution in [1.29, 1.82) is 0 Å². The standard InChI is InChI=1S/C10H10ClF2NO3/c1-3-17-10(15)6-7(16-2)5(9(12)13)4-14-8(6)11/h4,9H,3H2,1-2H3. The van der Waals surface area contributed by atoms with E-state index in [-0.39, 0.29) is 23.1 Å². The fraction of sp³-hybridized carbons (Fsp3) is 0.400. The first-order valence-corrected chi connectivity index (χ1v) is 5.08. The zero-order chi connectivity index (χ0) is 13.0. The summed E-state index contributed by atoms with van der Waals surface area (Å²) in [4.78, 5) is 15.1. The lowest BCUT2D eigenvalue weighted by Crippen LogP contribution is -2.10. The monoisotopic (exact) mass is 265 g/mol. The van der Waals surface area contributed by atoms with Gasteiger partial charge in [0.05, 0.1) is 19.3 Å². The Bertz CT molecular complexity index is 426. The van der Waals surface area contributed by atoms with Crippen molar-refractivity contribution in [3.8, 4) is 5.75 Å². The van der Waals surface area contributed by atoms with E-state index in [1.165, 1.54) is 7.11 Å². The largest absolute Gasteiger partial charge is 0.495 e. The molecule has 1 aromatic rings. The Labute approximate surface area is 101 Å². The molecule has 0 N–H and O–H groups in total. The van der Waals surface area contributed by atoms with Gasteiger partial charge in [-0.05, 0) is 6.92 Å². The maximum Gasteiger partial charge on any atom is 0.345 e. The second kappa shape index (κ2) is 5.77.